The fourth-order valence-corrected chi connectivity index (χ4v) is 2.36. The van der Waals surface area contributed by atoms with Crippen molar-refractivity contribution in [1.82, 2.24) is 4.90 Å². The van der Waals surface area contributed by atoms with Crippen LogP contribution in [0.5, 0.6) is 5.75 Å². The molecule has 0 aromatic heterocycles. The minimum absolute atomic E-state index is 0.128. The molecule has 1 aromatic carbocycles. The quantitative estimate of drug-likeness (QED) is 0.875. The number of nitrogens with zero attached hydrogens (tertiary/aromatic N) is 1. The van der Waals surface area contributed by atoms with Gasteiger partial charge in [-0.15, -0.1) is 0 Å². The van der Waals surface area contributed by atoms with E-state index in [4.69, 9.17) is 9.84 Å². The zero-order valence-corrected chi connectivity index (χ0v) is 13.3. The van der Waals surface area contributed by atoms with Gasteiger partial charge >= 0.3 is 5.97 Å². The molecular weight excluding hydrogens is 270 g/mol. The van der Waals surface area contributed by atoms with E-state index in [1.165, 1.54) is 4.90 Å². The van der Waals surface area contributed by atoms with Crippen LogP contribution >= 0.6 is 0 Å². The van der Waals surface area contributed by atoms with Crippen molar-refractivity contribution in [2.75, 3.05) is 13.7 Å². The van der Waals surface area contributed by atoms with Gasteiger partial charge in [-0.25, -0.2) is 0 Å². The van der Waals surface area contributed by atoms with Gasteiger partial charge in [0.1, 0.15) is 12.3 Å². The number of carbonyl (C=O) groups is 2. The second-order valence-electron chi connectivity index (χ2n) is 5.23. The van der Waals surface area contributed by atoms with Crippen LogP contribution < -0.4 is 4.74 Å². The lowest BCUT2D eigenvalue weighted by molar-refractivity contribution is -0.138. The van der Waals surface area contributed by atoms with Gasteiger partial charge in [-0.05, 0) is 50.5 Å². The van der Waals surface area contributed by atoms with Crippen LogP contribution in [0.1, 0.15) is 41.8 Å². The molecule has 1 amide bonds. The molecule has 0 heterocycles. The third-order valence-electron chi connectivity index (χ3n) is 3.60. The van der Waals surface area contributed by atoms with E-state index in [-0.39, 0.29) is 18.5 Å². The largest absolute Gasteiger partial charge is 0.496 e. The molecule has 0 saturated heterocycles. The van der Waals surface area contributed by atoms with Crippen LogP contribution in [0, 0.1) is 13.8 Å². The first-order valence-electron chi connectivity index (χ1n) is 6.99. The highest BCUT2D eigenvalue weighted by Crippen LogP contribution is 2.25. The number of carboxylic acid groups (broad SMARTS) is 1. The lowest BCUT2D eigenvalue weighted by Crippen LogP contribution is -2.41. The summed E-state index contributed by atoms with van der Waals surface area (Å²) in [4.78, 5) is 25.0. The van der Waals surface area contributed by atoms with Gasteiger partial charge in [-0.2, -0.15) is 0 Å². The van der Waals surface area contributed by atoms with Gasteiger partial charge in [-0.1, -0.05) is 6.92 Å². The molecule has 0 radical (unpaired) electrons. The summed E-state index contributed by atoms with van der Waals surface area (Å²) >= 11 is 0. The Kier molecular flexibility index (Phi) is 5.76. The first-order valence-corrected chi connectivity index (χ1v) is 6.99. The zero-order chi connectivity index (χ0) is 16.2. The summed E-state index contributed by atoms with van der Waals surface area (Å²) in [6.45, 7) is 7.22. The first-order chi connectivity index (χ1) is 9.81. The minimum atomic E-state index is -1.01. The number of hydrogen-bond donors (Lipinski definition) is 1. The van der Waals surface area contributed by atoms with Gasteiger partial charge in [0.05, 0.1) is 7.11 Å². The van der Waals surface area contributed by atoms with Crippen LogP contribution in [-0.2, 0) is 4.79 Å². The number of aryl methyl sites for hydroxylation is 2. The summed E-state index contributed by atoms with van der Waals surface area (Å²) < 4.78 is 5.29. The maximum absolute atomic E-state index is 12.6. The Bertz CT molecular complexity index is 516. The Morgan fingerprint density at radius 1 is 1.29 bits per heavy atom. The van der Waals surface area contributed by atoms with E-state index in [0.717, 1.165) is 16.9 Å². The standard InChI is InChI=1S/C16H23NO4/c1-6-12(4)17(9-14(18)19)16(20)13-7-10(2)15(21-5)11(3)8-13/h7-8,12H,6,9H2,1-5H3,(H,18,19). The van der Waals surface area contributed by atoms with Gasteiger partial charge in [0, 0.05) is 11.6 Å². The van der Waals surface area contributed by atoms with Gasteiger partial charge < -0.3 is 14.7 Å². The second kappa shape index (κ2) is 7.11. The van der Waals surface area contributed by atoms with Gasteiger partial charge in [0.25, 0.3) is 5.91 Å². The number of hydrogen-bond acceptors (Lipinski definition) is 3. The summed E-state index contributed by atoms with van der Waals surface area (Å²) in [5.41, 5.74) is 2.22. The van der Waals surface area contributed by atoms with E-state index in [1.54, 1.807) is 19.2 Å². The first kappa shape index (κ1) is 17.0. The molecule has 0 spiro atoms. The third-order valence-corrected chi connectivity index (χ3v) is 3.60. The predicted octanol–water partition coefficient (Wildman–Crippen LogP) is 2.64. The van der Waals surface area contributed by atoms with Crippen molar-refractivity contribution in [2.45, 2.75) is 40.2 Å². The average molecular weight is 293 g/mol. The normalized spacial score (nSPS) is 11.9. The maximum Gasteiger partial charge on any atom is 0.323 e. The maximum atomic E-state index is 12.6. The van der Waals surface area contributed by atoms with E-state index < -0.39 is 5.97 Å². The SMILES string of the molecule is CCC(C)N(CC(=O)O)C(=O)c1cc(C)c(OC)c(C)c1. The monoisotopic (exact) mass is 293 g/mol. The molecule has 0 aliphatic rings. The highest BCUT2D eigenvalue weighted by Gasteiger charge is 2.23. The number of benzene rings is 1. The Balaban J connectivity index is 3.17. The van der Waals surface area contributed by atoms with E-state index in [0.29, 0.717) is 12.0 Å². The molecule has 5 nitrogen and oxygen atoms in total. The lowest BCUT2D eigenvalue weighted by Gasteiger charge is -2.27. The van der Waals surface area contributed by atoms with Crippen LogP contribution in [-0.4, -0.2) is 41.6 Å². The zero-order valence-electron chi connectivity index (χ0n) is 13.3. The number of methoxy groups -OCH3 is 1. The van der Waals surface area contributed by atoms with E-state index in [2.05, 4.69) is 0 Å². The van der Waals surface area contributed by atoms with Crippen LogP contribution in [0.25, 0.3) is 0 Å². The predicted molar refractivity (Wildman–Crippen MR) is 80.9 cm³/mol. The Morgan fingerprint density at radius 3 is 2.19 bits per heavy atom. The highest BCUT2D eigenvalue weighted by atomic mass is 16.5. The highest BCUT2D eigenvalue weighted by molar-refractivity contribution is 5.96. The molecule has 1 N–H and O–H groups in total. The van der Waals surface area contributed by atoms with E-state index >= 15 is 0 Å². The fourth-order valence-electron chi connectivity index (χ4n) is 2.36. The van der Waals surface area contributed by atoms with Crippen molar-refractivity contribution < 1.29 is 19.4 Å². The molecule has 21 heavy (non-hydrogen) atoms. The summed E-state index contributed by atoms with van der Waals surface area (Å²) in [5.74, 6) is -0.522. The Morgan fingerprint density at radius 2 is 1.81 bits per heavy atom. The topological polar surface area (TPSA) is 66.8 Å². The molecule has 5 heteroatoms. The van der Waals surface area contributed by atoms with Gasteiger partial charge in [0.15, 0.2) is 0 Å². The molecule has 1 rings (SSSR count). The van der Waals surface area contributed by atoms with Crippen molar-refractivity contribution in [2.24, 2.45) is 0 Å². The van der Waals surface area contributed by atoms with Gasteiger partial charge in [0.2, 0.25) is 0 Å². The van der Waals surface area contributed by atoms with Crippen molar-refractivity contribution in [3.63, 3.8) is 0 Å². The number of rotatable bonds is 6. The fraction of sp³-hybridized carbons (Fsp3) is 0.500. The summed E-state index contributed by atoms with van der Waals surface area (Å²) in [6, 6.07) is 3.35. The number of ether oxygens (including phenoxy) is 1. The number of amides is 1. The molecule has 1 atom stereocenters. The molecule has 0 saturated carbocycles. The van der Waals surface area contributed by atoms with Crippen molar-refractivity contribution >= 4 is 11.9 Å². The molecule has 0 aliphatic carbocycles. The summed E-state index contributed by atoms with van der Waals surface area (Å²) in [7, 11) is 1.59. The Hall–Kier alpha value is -2.04. The molecular formula is C16H23NO4. The Labute approximate surface area is 125 Å². The second-order valence-corrected chi connectivity index (χ2v) is 5.23. The van der Waals surface area contributed by atoms with Crippen LogP contribution in [0.4, 0.5) is 0 Å². The van der Waals surface area contributed by atoms with Crippen molar-refractivity contribution in [3.8, 4) is 5.75 Å². The van der Waals surface area contributed by atoms with Crippen LogP contribution in [0.15, 0.2) is 12.1 Å². The molecule has 116 valence electrons. The molecule has 0 aliphatic heterocycles. The minimum Gasteiger partial charge on any atom is -0.496 e. The van der Waals surface area contributed by atoms with Crippen LogP contribution in [0.2, 0.25) is 0 Å². The number of carbonyl (C=O) groups excluding carboxylic acids is 1. The molecule has 1 unspecified atom stereocenters. The van der Waals surface area contributed by atoms with E-state index in [1.807, 2.05) is 27.7 Å². The van der Waals surface area contributed by atoms with Crippen LogP contribution in [0.3, 0.4) is 0 Å². The summed E-state index contributed by atoms with van der Waals surface area (Å²) in [5, 5.41) is 9.00. The van der Waals surface area contributed by atoms with Crippen molar-refractivity contribution in [1.29, 1.82) is 0 Å². The molecule has 0 fully saturated rings. The molecule has 0 bridgehead atoms. The van der Waals surface area contributed by atoms with E-state index in [9.17, 15) is 9.59 Å². The lowest BCUT2D eigenvalue weighted by atomic mass is 10.0. The number of aliphatic carboxylic acids is 1. The third kappa shape index (κ3) is 3.97. The van der Waals surface area contributed by atoms with Crippen molar-refractivity contribution in [3.05, 3.63) is 28.8 Å². The molecule has 1 aromatic rings. The number of carboxylic acids is 1. The summed E-state index contributed by atoms with van der Waals surface area (Å²) in [6.07, 6.45) is 0.702. The average Bonchev–Trinajstić information content (AvgIpc) is 2.42. The van der Waals surface area contributed by atoms with Gasteiger partial charge in [-0.3, -0.25) is 9.59 Å². The smallest absolute Gasteiger partial charge is 0.323 e.